The van der Waals surface area contributed by atoms with E-state index >= 15 is 0 Å². The Bertz CT molecular complexity index is 259. The number of nitrogens with one attached hydrogen (secondary N) is 1. The fourth-order valence-corrected chi connectivity index (χ4v) is 3.06. The predicted molar refractivity (Wildman–Crippen MR) is 69.7 cm³/mol. The summed E-state index contributed by atoms with van der Waals surface area (Å²) in [6.07, 6.45) is 3.90. The van der Waals surface area contributed by atoms with Gasteiger partial charge in [-0.15, -0.1) is 0 Å². The van der Waals surface area contributed by atoms with Crippen molar-refractivity contribution in [3.8, 4) is 0 Å². The van der Waals surface area contributed by atoms with E-state index in [1.165, 1.54) is 32.4 Å². The van der Waals surface area contributed by atoms with Crippen molar-refractivity contribution in [3.05, 3.63) is 0 Å². The Hall–Kier alpha value is -0.0800. The van der Waals surface area contributed by atoms with Crippen molar-refractivity contribution in [3.63, 3.8) is 0 Å². The Balaban J connectivity index is 2.07. The molecule has 0 bridgehead atoms. The molecular weight excluding hydrogens is 196 g/mol. The first-order valence-corrected chi connectivity index (χ1v) is 6.92. The lowest BCUT2D eigenvalue weighted by atomic mass is 9.92. The van der Waals surface area contributed by atoms with Gasteiger partial charge in [-0.3, -0.25) is 4.90 Å². The largest absolute Gasteiger partial charge is 0.309 e. The molecule has 16 heavy (non-hydrogen) atoms. The van der Waals surface area contributed by atoms with E-state index in [0.29, 0.717) is 11.0 Å². The first kappa shape index (κ1) is 12.4. The van der Waals surface area contributed by atoms with Crippen LogP contribution in [0.2, 0.25) is 0 Å². The molecule has 94 valence electrons. The highest BCUT2D eigenvalue weighted by atomic mass is 15.3. The van der Waals surface area contributed by atoms with E-state index in [1.807, 2.05) is 0 Å². The van der Waals surface area contributed by atoms with Crippen molar-refractivity contribution in [2.24, 2.45) is 5.41 Å². The number of nitrogens with zero attached hydrogens (tertiary/aromatic N) is 1. The molecule has 2 fully saturated rings. The molecule has 0 aromatic carbocycles. The van der Waals surface area contributed by atoms with Gasteiger partial charge in [-0.25, -0.2) is 0 Å². The smallest absolute Gasteiger partial charge is 0.0278 e. The summed E-state index contributed by atoms with van der Waals surface area (Å²) in [5, 5.41) is 3.74. The van der Waals surface area contributed by atoms with Crippen LogP contribution in [0.1, 0.15) is 53.9 Å². The van der Waals surface area contributed by atoms with Crippen molar-refractivity contribution in [1.82, 2.24) is 10.2 Å². The van der Waals surface area contributed by atoms with Crippen LogP contribution in [0.15, 0.2) is 0 Å². The zero-order chi connectivity index (χ0) is 12.0. The molecule has 3 atom stereocenters. The molecule has 2 aliphatic rings. The van der Waals surface area contributed by atoms with E-state index < -0.39 is 0 Å². The van der Waals surface area contributed by atoms with E-state index in [0.717, 1.165) is 12.1 Å². The molecule has 1 saturated carbocycles. The van der Waals surface area contributed by atoms with E-state index in [-0.39, 0.29) is 0 Å². The molecule has 0 aromatic heterocycles. The van der Waals surface area contributed by atoms with Crippen molar-refractivity contribution >= 4 is 0 Å². The summed E-state index contributed by atoms with van der Waals surface area (Å²) < 4.78 is 0. The molecule has 1 saturated heterocycles. The second-order valence-corrected chi connectivity index (χ2v) is 6.74. The first-order chi connectivity index (χ1) is 7.42. The summed E-state index contributed by atoms with van der Waals surface area (Å²) in [4.78, 5) is 2.79. The van der Waals surface area contributed by atoms with Gasteiger partial charge in [-0.2, -0.15) is 0 Å². The minimum atomic E-state index is 0.338. The number of piperazine rings is 1. The fourth-order valence-electron chi connectivity index (χ4n) is 3.06. The minimum Gasteiger partial charge on any atom is -0.309 e. The summed E-state index contributed by atoms with van der Waals surface area (Å²) in [6.45, 7) is 14.2. The van der Waals surface area contributed by atoms with Gasteiger partial charge in [-0.05, 0) is 31.6 Å². The van der Waals surface area contributed by atoms with Crippen molar-refractivity contribution in [1.29, 1.82) is 0 Å². The van der Waals surface area contributed by atoms with Crippen LogP contribution >= 0.6 is 0 Å². The summed E-state index contributed by atoms with van der Waals surface area (Å²) in [5.41, 5.74) is 0.906. The van der Waals surface area contributed by atoms with Crippen LogP contribution in [0.3, 0.4) is 0 Å². The summed E-state index contributed by atoms with van der Waals surface area (Å²) in [7, 11) is 0. The van der Waals surface area contributed by atoms with Crippen LogP contribution < -0.4 is 5.32 Å². The van der Waals surface area contributed by atoms with Crippen LogP contribution in [0.4, 0.5) is 0 Å². The lowest BCUT2D eigenvalue weighted by Crippen LogP contribution is -2.63. The molecule has 1 aliphatic heterocycles. The van der Waals surface area contributed by atoms with Crippen LogP contribution in [-0.2, 0) is 0 Å². The summed E-state index contributed by atoms with van der Waals surface area (Å²) >= 11 is 0. The molecule has 0 aromatic rings. The molecule has 3 unspecified atom stereocenters. The molecule has 2 nitrogen and oxygen atoms in total. The monoisotopic (exact) mass is 224 g/mol. The Morgan fingerprint density at radius 1 is 1.25 bits per heavy atom. The van der Waals surface area contributed by atoms with Gasteiger partial charge in [-0.1, -0.05) is 27.7 Å². The molecule has 1 heterocycles. The quantitative estimate of drug-likeness (QED) is 0.793. The molecule has 0 amide bonds. The van der Waals surface area contributed by atoms with Gasteiger partial charge in [0.25, 0.3) is 0 Å². The Morgan fingerprint density at radius 2 is 1.88 bits per heavy atom. The van der Waals surface area contributed by atoms with E-state index in [9.17, 15) is 0 Å². The maximum Gasteiger partial charge on any atom is 0.0278 e. The average Bonchev–Trinajstić information content (AvgIpc) is 2.88. The van der Waals surface area contributed by atoms with Gasteiger partial charge in [0, 0.05) is 30.7 Å². The van der Waals surface area contributed by atoms with Crippen molar-refractivity contribution < 1.29 is 0 Å². The molecule has 2 rings (SSSR count). The Kier molecular flexibility index (Phi) is 3.09. The first-order valence-electron chi connectivity index (χ1n) is 6.92. The molecule has 0 radical (unpaired) electrons. The van der Waals surface area contributed by atoms with Crippen LogP contribution in [0.5, 0.6) is 0 Å². The lowest BCUT2D eigenvalue weighted by molar-refractivity contribution is 0.0649. The van der Waals surface area contributed by atoms with E-state index in [2.05, 4.69) is 44.8 Å². The van der Waals surface area contributed by atoms with Gasteiger partial charge >= 0.3 is 0 Å². The van der Waals surface area contributed by atoms with Gasteiger partial charge in [0.05, 0.1) is 0 Å². The Morgan fingerprint density at radius 3 is 2.31 bits per heavy atom. The molecule has 2 heteroatoms. The number of hydrogen-bond acceptors (Lipinski definition) is 2. The maximum absolute atomic E-state index is 3.74. The van der Waals surface area contributed by atoms with Gasteiger partial charge in [0.1, 0.15) is 0 Å². The fraction of sp³-hybridized carbons (Fsp3) is 1.00. The van der Waals surface area contributed by atoms with Gasteiger partial charge < -0.3 is 5.32 Å². The lowest BCUT2D eigenvalue weighted by Gasteiger charge is -2.46. The van der Waals surface area contributed by atoms with Gasteiger partial charge in [0.2, 0.25) is 0 Å². The molecule has 1 N–H and O–H groups in total. The van der Waals surface area contributed by atoms with Crippen LogP contribution in [-0.4, -0.2) is 35.6 Å². The normalized spacial score (nSPS) is 43.3. The second kappa shape index (κ2) is 3.99. The highest BCUT2D eigenvalue weighted by Crippen LogP contribution is 2.50. The van der Waals surface area contributed by atoms with Crippen molar-refractivity contribution in [2.45, 2.75) is 71.5 Å². The molecule has 0 spiro atoms. The SMILES string of the molecule is CCC1CNC(C)(CC)CN1C1CC1(C)C. The van der Waals surface area contributed by atoms with E-state index in [4.69, 9.17) is 0 Å². The molecule has 1 aliphatic carbocycles. The zero-order valence-electron chi connectivity index (χ0n) is 11.6. The third kappa shape index (κ3) is 2.14. The third-order valence-electron chi connectivity index (χ3n) is 4.88. The zero-order valence-corrected chi connectivity index (χ0v) is 11.6. The van der Waals surface area contributed by atoms with Crippen molar-refractivity contribution in [2.75, 3.05) is 13.1 Å². The predicted octanol–water partition coefficient (Wildman–Crippen LogP) is 2.64. The summed E-state index contributed by atoms with van der Waals surface area (Å²) in [6, 6.07) is 1.59. The number of rotatable bonds is 3. The third-order valence-corrected chi connectivity index (χ3v) is 4.88. The van der Waals surface area contributed by atoms with Crippen LogP contribution in [0.25, 0.3) is 0 Å². The second-order valence-electron chi connectivity index (χ2n) is 6.74. The minimum absolute atomic E-state index is 0.338. The van der Waals surface area contributed by atoms with E-state index in [1.54, 1.807) is 0 Å². The van der Waals surface area contributed by atoms with Crippen LogP contribution in [0, 0.1) is 5.41 Å². The number of hydrogen-bond donors (Lipinski definition) is 1. The summed E-state index contributed by atoms with van der Waals surface area (Å²) in [5.74, 6) is 0. The Labute approximate surface area is 101 Å². The highest BCUT2D eigenvalue weighted by molar-refractivity contribution is 5.08. The average molecular weight is 224 g/mol. The van der Waals surface area contributed by atoms with Gasteiger partial charge in [0.15, 0.2) is 0 Å². The topological polar surface area (TPSA) is 15.3 Å². The molecular formula is C14H28N2. The standard InChI is InChI=1S/C14H28N2/c1-6-11-9-15-14(5,7-2)10-16(11)12-8-13(12,3)4/h11-12,15H,6-10H2,1-5H3. The highest BCUT2D eigenvalue weighted by Gasteiger charge is 2.52. The maximum atomic E-state index is 3.74.